The standard InChI is InChI=1S/C25H21BrN4O/c1-30(27-17-18-8-14-22(31-2)15-9-18)24-16-23(19-6-4-3-5-7-19)28-25(29-24)20-10-12-21(26)13-11-20/h3-17H,1-2H3. The maximum absolute atomic E-state index is 5.21. The lowest BCUT2D eigenvalue weighted by Gasteiger charge is -2.15. The average Bonchev–Trinajstić information content (AvgIpc) is 2.83. The number of benzene rings is 3. The molecule has 5 nitrogen and oxygen atoms in total. The molecule has 0 N–H and O–H groups in total. The summed E-state index contributed by atoms with van der Waals surface area (Å²) in [5.41, 5.74) is 3.78. The van der Waals surface area contributed by atoms with Crippen molar-refractivity contribution in [1.82, 2.24) is 9.97 Å². The fourth-order valence-electron chi connectivity index (χ4n) is 2.99. The van der Waals surface area contributed by atoms with E-state index in [1.54, 1.807) is 18.3 Å². The third-order valence-corrected chi connectivity index (χ3v) is 5.24. The maximum Gasteiger partial charge on any atom is 0.162 e. The molecule has 0 fully saturated rings. The molecule has 0 spiro atoms. The van der Waals surface area contributed by atoms with Gasteiger partial charge < -0.3 is 4.74 Å². The highest BCUT2D eigenvalue weighted by atomic mass is 79.9. The van der Waals surface area contributed by atoms with Gasteiger partial charge in [0.15, 0.2) is 11.6 Å². The van der Waals surface area contributed by atoms with E-state index in [-0.39, 0.29) is 0 Å². The number of ether oxygens (including phenoxy) is 1. The Kier molecular flexibility index (Phi) is 6.38. The van der Waals surface area contributed by atoms with Crippen LogP contribution in [-0.4, -0.2) is 30.3 Å². The number of anilines is 1. The summed E-state index contributed by atoms with van der Waals surface area (Å²) in [6, 6.07) is 27.7. The van der Waals surface area contributed by atoms with E-state index in [0.29, 0.717) is 11.6 Å². The summed E-state index contributed by atoms with van der Waals surface area (Å²) in [4.78, 5) is 9.57. The van der Waals surface area contributed by atoms with Crippen LogP contribution in [0.4, 0.5) is 5.82 Å². The molecule has 0 bridgehead atoms. The second kappa shape index (κ2) is 9.53. The van der Waals surface area contributed by atoms with Crippen LogP contribution in [0.5, 0.6) is 5.75 Å². The molecule has 4 aromatic rings. The lowest BCUT2D eigenvalue weighted by molar-refractivity contribution is 0.415. The molecule has 0 aliphatic rings. The monoisotopic (exact) mass is 472 g/mol. The molecular formula is C25H21BrN4O. The molecule has 1 aromatic heterocycles. The molecule has 0 aliphatic carbocycles. The van der Waals surface area contributed by atoms with Crippen molar-refractivity contribution in [2.75, 3.05) is 19.2 Å². The van der Waals surface area contributed by atoms with Gasteiger partial charge in [0.05, 0.1) is 19.0 Å². The van der Waals surface area contributed by atoms with Crippen LogP contribution >= 0.6 is 15.9 Å². The highest BCUT2D eigenvalue weighted by molar-refractivity contribution is 9.10. The van der Waals surface area contributed by atoms with Crippen molar-refractivity contribution in [3.05, 3.63) is 95.0 Å². The molecule has 3 aromatic carbocycles. The minimum atomic E-state index is 0.648. The van der Waals surface area contributed by atoms with Gasteiger partial charge >= 0.3 is 0 Å². The van der Waals surface area contributed by atoms with Crippen molar-refractivity contribution in [2.24, 2.45) is 5.10 Å². The van der Waals surface area contributed by atoms with Crippen LogP contribution in [0.2, 0.25) is 0 Å². The highest BCUT2D eigenvalue weighted by Crippen LogP contribution is 2.26. The topological polar surface area (TPSA) is 50.6 Å². The first-order valence-electron chi connectivity index (χ1n) is 9.74. The van der Waals surface area contributed by atoms with E-state index < -0.39 is 0 Å². The molecule has 6 heteroatoms. The second-order valence-electron chi connectivity index (χ2n) is 6.85. The smallest absolute Gasteiger partial charge is 0.162 e. The summed E-state index contributed by atoms with van der Waals surface area (Å²) in [6.45, 7) is 0. The summed E-state index contributed by atoms with van der Waals surface area (Å²) in [5.74, 6) is 2.17. The van der Waals surface area contributed by atoms with Crippen LogP contribution in [0.15, 0.2) is 94.5 Å². The van der Waals surface area contributed by atoms with Crippen LogP contribution < -0.4 is 9.75 Å². The Hall–Kier alpha value is -3.51. The lowest BCUT2D eigenvalue weighted by Crippen LogP contribution is -2.12. The molecular weight excluding hydrogens is 452 g/mol. The number of hydrazone groups is 1. The molecule has 0 radical (unpaired) electrons. The zero-order valence-electron chi connectivity index (χ0n) is 17.2. The number of hydrogen-bond donors (Lipinski definition) is 0. The summed E-state index contributed by atoms with van der Waals surface area (Å²) in [5, 5.41) is 6.32. The average molecular weight is 473 g/mol. The summed E-state index contributed by atoms with van der Waals surface area (Å²) in [7, 11) is 3.53. The van der Waals surface area contributed by atoms with Gasteiger partial charge in [-0.1, -0.05) is 58.4 Å². The number of nitrogens with zero attached hydrogens (tertiary/aromatic N) is 4. The molecule has 0 unspecified atom stereocenters. The van der Waals surface area contributed by atoms with Gasteiger partial charge in [-0.25, -0.2) is 9.97 Å². The summed E-state index contributed by atoms with van der Waals surface area (Å²) < 4.78 is 6.22. The lowest BCUT2D eigenvalue weighted by atomic mass is 10.1. The maximum atomic E-state index is 5.21. The first kappa shape index (κ1) is 20.8. The van der Waals surface area contributed by atoms with Crippen molar-refractivity contribution in [3.63, 3.8) is 0 Å². The van der Waals surface area contributed by atoms with E-state index in [4.69, 9.17) is 14.7 Å². The van der Waals surface area contributed by atoms with Crippen molar-refractivity contribution < 1.29 is 4.74 Å². The van der Waals surface area contributed by atoms with Crippen molar-refractivity contribution in [2.45, 2.75) is 0 Å². The van der Waals surface area contributed by atoms with Gasteiger partial charge in [-0.15, -0.1) is 0 Å². The Labute approximate surface area is 190 Å². The van der Waals surface area contributed by atoms with Gasteiger partial charge in [-0.3, -0.25) is 5.01 Å². The third-order valence-electron chi connectivity index (χ3n) is 4.71. The number of methoxy groups -OCH3 is 1. The van der Waals surface area contributed by atoms with Crippen LogP contribution in [0.1, 0.15) is 5.56 Å². The number of hydrogen-bond acceptors (Lipinski definition) is 5. The highest BCUT2D eigenvalue weighted by Gasteiger charge is 2.11. The van der Waals surface area contributed by atoms with E-state index in [2.05, 4.69) is 21.0 Å². The van der Waals surface area contributed by atoms with Crippen molar-refractivity contribution in [1.29, 1.82) is 0 Å². The van der Waals surface area contributed by atoms with Crippen LogP contribution in [0.25, 0.3) is 22.6 Å². The predicted molar refractivity (Wildman–Crippen MR) is 130 cm³/mol. The van der Waals surface area contributed by atoms with E-state index in [1.165, 1.54) is 0 Å². The largest absolute Gasteiger partial charge is 0.497 e. The summed E-state index contributed by atoms with van der Waals surface area (Å²) >= 11 is 3.48. The first-order chi connectivity index (χ1) is 15.1. The van der Waals surface area contributed by atoms with E-state index in [9.17, 15) is 0 Å². The van der Waals surface area contributed by atoms with Gasteiger partial charge in [0.1, 0.15) is 5.75 Å². The Morgan fingerprint density at radius 2 is 1.58 bits per heavy atom. The molecule has 0 amide bonds. The summed E-state index contributed by atoms with van der Waals surface area (Å²) in [6.07, 6.45) is 1.79. The number of aromatic nitrogens is 2. The SMILES string of the molecule is COc1ccc(C=NN(C)c2cc(-c3ccccc3)nc(-c3ccc(Br)cc3)n2)cc1. The van der Waals surface area contributed by atoms with Gasteiger partial charge in [-0.05, 0) is 42.0 Å². The van der Waals surface area contributed by atoms with Gasteiger partial charge in [0.25, 0.3) is 0 Å². The van der Waals surface area contributed by atoms with E-state index >= 15 is 0 Å². The van der Waals surface area contributed by atoms with Crippen molar-refractivity contribution >= 4 is 28.0 Å². The van der Waals surface area contributed by atoms with Gasteiger partial charge in [0, 0.05) is 28.7 Å². The minimum Gasteiger partial charge on any atom is -0.497 e. The van der Waals surface area contributed by atoms with Gasteiger partial charge in [-0.2, -0.15) is 5.10 Å². The fourth-order valence-corrected chi connectivity index (χ4v) is 3.25. The molecule has 0 aliphatic heterocycles. The predicted octanol–water partition coefficient (Wildman–Crippen LogP) is 6.05. The third kappa shape index (κ3) is 5.16. The Morgan fingerprint density at radius 3 is 2.26 bits per heavy atom. The molecule has 0 saturated carbocycles. The second-order valence-corrected chi connectivity index (χ2v) is 7.76. The zero-order valence-corrected chi connectivity index (χ0v) is 18.8. The quantitative estimate of drug-likeness (QED) is 0.253. The molecule has 0 saturated heterocycles. The fraction of sp³-hybridized carbons (Fsp3) is 0.0800. The Morgan fingerprint density at radius 1 is 0.871 bits per heavy atom. The molecule has 31 heavy (non-hydrogen) atoms. The normalized spacial score (nSPS) is 10.9. The Bertz CT molecular complexity index is 1180. The zero-order chi connectivity index (χ0) is 21.6. The van der Waals surface area contributed by atoms with Gasteiger partial charge in [0.2, 0.25) is 0 Å². The number of halogens is 1. The minimum absolute atomic E-state index is 0.648. The molecule has 4 rings (SSSR count). The van der Waals surface area contributed by atoms with E-state index in [0.717, 1.165) is 32.6 Å². The Balaban J connectivity index is 1.70. The van der Waals surface area contributed by atoms with E-state index in [1.807, 2.05) is 92.0 Å². The number of rotatable bonds is 6. The van der Waals surface area contributed by atoms with Crippen molar-refractivity contribution in [3.8, 4) is 28.4 Å². The van der Waals surface area contributed by atoms with Crippen LogP contribution in [-0.2, 0) is 0 Å². The van der Waals surface area contributed by atoms with Crippen LogP contribution in [0, 0.1) is 0 Å². The first-order valence-corrected chi connectivity index (χ1v) is 10.5. The molecule has 154 valence electrons. The molecule has 1 heterocycles. The van der Waals surface area contributed by atoms with Crippen LogP contribution in [0.3, 0.4) is 0 Å². The molecule has 0 atom stereocenters.